The van der Waals surface area contributed by atoms with Crippen LogP contribution in [0.1, 0.15) is 41.3 Å². The van der Waals surface area contributed by atoms with E-state index in [9.17, 15) is 0 Å². The summed E-state index contributed by atoms with van der Waals surface area (Å²) in [5.41, 5.74) is 2.25. The van der Waals surface area contributed by atoms with Crippen LogP contribution in [-0.2, 0) is 24.2 Å². The molecule has 2 N–H and O–H groups in total. The van der Waals surface area contributed by atoms with Crippen LogP contribution in [0.25, 0.3) is 0 Å². The molecule has 1 heterocycles. The van der Waals surface area contributed by atoms with Gasteiger partial charge in [0.25, 0.3) is 0 Å². The summed E-state index contributed by atoms with van der Waals surface area (Å²) in [6.07, 6.45) is 3.84. The number of ether oxygens (including phenoxy) is 2. The molecule has 0 spiro atoms. The summed E-state index contributed by atoms with van der Waals surface area (Å²) in [5, 5.41) is 7.73. The first-order chi connectivity index (χ1) is 13.7. The predicted octanol–water partition coefficient (Wildman–Crippen LogP) is 4.30. The number of rotatable bonds is 11. The van der Waals surface area contributed by atoms with Gasteiger partial charge in [-0.2, -0.15) is 0 Å². The van der Waals surface area contributed by atoms with Crippen LogP contribution in [0, 0.1) is 6.92 Å². The minimum atomic E-state index is 0. The second-order valence-corrected chi connectivity index (χ2v) is 7.63. The van der Waals surface area contributed by atoms with Gasteiger partial charge in [-0.3, -0.25) is 0 Å². The second kappa shape index (κ2) is 14.6. The third-order valence-corrected chi connectivity index (χ3v) is 5.22. The van der Waals surface area contributed by atoms with Gasteiger partial charge in [0.1, 0.15) is 10.8 Å². The number of nitrogens with zero attached hydrogens (tertiary/aromatic N) is 2. The van der Waals surface area contributed by atoms with Crippen LogP contribution >= 0.6 is 35.3 Å². The molecule has 0 fully saturated rings. The molecule has 0 saturated heterocycles. The van der Waals surface area contributed by atoms with Gasteiger partial charge in [0.2, 0.25) is 0 Å². The molecule has 0 atom stereocenters. The molecule has 29 heavy (non-hydrogen) atoms. The van der Waals surface area contributed by atoms with Crippen molar-refractivity contribution in [1.82, 2.24) is 15.6 Å². The quantitative estimate of drug-likeness (QED) is 0.196. The maximum Gasteiger partial charge on any atom is 0.191 e. The van der Waals surface area contributed by atoms with Crippen LogP contribution in [0.3, 0.4) is 0 Å². The summed E-state index contributed by atoms with van der Waals surface area (Å²) in [7, 11) is 1.71. The van der Waals surface area contributed by atoms with Crippen molar-refractivity contribution in [3.63, 3.8) is 0 Å². The Morgan fingerprint density at radius 1 is 1.21 bits per heavy atom. The van der Waals surface area contributed by atoms with Crippen molar-refractivity contribution in [2.24, 2.45) is 4.99 Å². The number of benzene rings is 1. The molecule has 1 aromatic heterocycles. The molecule has 0 aliphatic heterocycles. The topological polar surface area (TPSA) is 67.8 Å². The first-order valence-corrected chi connectivity index (χ1v) is 10.6. The van der Waals surface area contributed by atoms with Crippen LogP contribution in [0.15, 0.2) is 29.4 Å². The molecule has 8 heteroatoms. The minimum Gasteiger partial charge on any atom is -0.493 e. The fourth-order valence-corrected chi connectivity index (χ4v) is 3.37. The number of guanidine groups is 1. The lowest BCUT2D eigenvalue weighted by Crippen LogP contribution is -2.36. The Morgan fingerprint density at radius 2 is 2.03 bits per heavy atom. The van der Waals surface area contributed by atoms with Gasteiger partial charge in [-0.1, -0.05) is 19.1 Å². The number of aromatic nitrogens is 1. The van der Waals surface area contributed by atoms with Crippen LogP contribution in [0.5, 0.6) is 5.75 Å². The molecular formula is C21H33IN4O2S. The highest BCUT2D eigenvalue weighted by atomic mass is 127. The first kappa shape index (κ1) is 25.6. The molecule has 0 bridgehead atoms. The third kappa shape index (κ3) is 9.31. The van der Waals surface area contributed by atoms with Gasteiger partial charge in [0.15, 0.2) is 5.96 Å². The van der Waals surface area contributed by atoms with E-state index in [0.29, 0.717) is 26.3 Å². The smallest absolute Gasteiger partial charge is 0.191 e. The average Bonchev–Trinajstić information content (AvgIpc) is 3.16. The van der Waals surface area contributed by atoms with Crippen molar-refractivity contribution in [2.75, 3.05) is 26.9 Å². The zero-order valence-corrected chi connectivity index (χ0v) is 20.9. The molecule has 0 radical (unpaired) electrons. The summed E-state index contributed by atoms with van der Waals surface area (Å²) in [5.74, 6) is 1.67. The lowest BCUT2D eigenvalue weighted by atomic mass is 10.1. The maximum absolute atomic E-state index is 5.96. The van der Waals surface area contributed by atoms with E-state index in [2.05, 4.69) is 54.6 Å². The summed E-state index contributed by atoms with van der Waals surface area (Å²) >= 11 is 1.74. The summed E-state index contributed by atoms with van der Waals surface area (Å²) < 4.78 is 11.0. The van der Waals surface area contributed by atoms with Gasteiger partial charge in [-0.25, -0.2) is 9.98 Å². The summed E-state index contributed by atoms with van der Waals surface area (Å²) in [6, 6.07) is 6.25. The third-order valence-electron chi connectivity index (χ3n) is 4.08. The van der Waals surface area contributed by atoms with Crippen molar-refractivity contribution < 1.29 is 9.47 Å². The van der Waals surface area contributed by atoms with E-state index in [4.69, 9.17) is 14.5 Å². The van der Waals surface area contributed by atoms with Gasteiger partial charge in [-0.15, -0.1) is 35.3 Å². The number of methoxy groups -OCH3 is 1. The monoisotopic (exact) mass is 532 g/mol. The highest BCUT2D eigenvalue weighted by molar-refractivity contribution is 14.0. The van der Waals surface area contributed by atoms with Crippen LogP contribution < -0.4 is 15.4 Å². The number of aryl methyl sites for hydroxylation is 2. The number of hydrogen-bond acceptors (Lipinski definition) is 5. The van der Waals surface area contributed by atoms with Gasteiger partial charge in [0.05, 0.1) is 19.7 Å². The molecule has 2 aromatic rings. The van der Waals surface area contributed by atoms with Gasteiger partial charge in [0, 0.05) is 43.3 Å². The van der Waals surface area contributed by atoms with E-state index in [1.807, 2.05) is 6.20 Å². The Kier molecular flexibility index (Phi) is 12.9. The van der Waals surface area contributed by atoms with E-state index >= 15 is 0 Å². The van der Waals surface area contributed by atoms with Crippen LogP contribution in [-0.4, -0.2) is 37.8 Å². The standard InChI is InChI=1S/C21H32N4O2S.HI/c1-5-18-14-23-20(28-18)15-25-21(22-6-2)24-13-17-9-8-16(3)12-19(17)27-11-7-10-26-4;/h8-9,12,14H,5-7,10-11,13,15H2,1-4H3,(H2,22,24,25);1H. The Balaban J connectivity index is 0.00000420. The molecule has 162 valence electrons. The van der Waals surface area contributed by atoms with Crippen molar-refractivity contribution >= 4 is 41.3 Å². The van der Waals surface area contributed by atoms with Gasteiger partial charge < -0.3 is 20.1 Å². The first-order valence-electron chi connectivity index (χ1n) is 9.83. The highest BCUT2D eigenvalue weighted by Gasteiger charge is 2.06. The molecule has 6 nitrogen and oxygen atoms in total. The van der Waals surface area contributed by atoms with Crippen LogP contribution in [0.2, 0.25) is 0 Å². The molecule has 1 aromatic carbocycles. The lowest BCUT2D eigenvalue weighted by molar-refractivity contribution is 0.172. The van der Waals surface area contributed by atoms with E-state index in [0.717, 1.165) is 41.7 Å². The van der Waals surface area contributed by atoms with Crippen LogP contribution in [0.4, 0.5) is 0 Å². The van der Waals surface area contributed by atoms with Crippen molar-refractivity contribution in [1.29, 1.82) is 0 Å². The molecule has 0 saturated carbocycles. The van der Waals surface area contributed by atoms with E-state index in [1.54, 1.807) is 18.4 Å². The molecule has 0 unspecified atom stereocenters. The Hall–Kier alpha value is -1.39. The number of thiazole rings is 1. The van der Waals surface area contributed by atoms with E-state index < -0.39 is 0 Å². The number of aliphatic imine (C=N–C) groups is 1. The fourth-order valence-electron chi connectivity index (χ4n) is 2.57. The normalized spacial score (nSPS) is 11.1. The lowest BCUT2D eigenvalue weighted by Gasteiger charge is -2.13. The zero-order chi connectivity index (χ0) is 20.2. The van der Waals surface area contributed by atoms with Crippen molar-refractivity contribution in [2.45, 2.75) is 46.7 Å². The number of hydrogen-bond donors (Lipinski definition) is 2. The largest absolute Gasteiger partial charge is 0.493 e. The number of nitrogens with one attached hydrogen (secondary N) is 2. The Bertz CT molecular complexity index is 752. The molecule has 0 aliphatic rings. The zero-order valence-electron chi connectivity index (χ0n) is 17.8. The van der Waals surface area contributed by atoms with Gasteiger partial charge >= 0.3 is 0 Å². The SMILES string of the molecule is CCNC(=NCc1ccc(C)cc1OCCCOC)NCc1ncc(CC)s1.I. The molecule has 2 rings (SSSR count). The minimum absolute atomic E-state index is 0. The molecular weight excluding hydrogens is 499 g/mol. The second-order valence-electron chi connectivity index (χ2n) is 6.43. The fraction of sp³-hybridized carbons (Fsp3) is 0.524. The van der Waals surface area contributed by atoms with Crippen molar-refractivity contribution in [3.05, 3.63) is 45.4 Å². The highest BCUT2D eigenvalue weighted by Crippen LogP contribution is 2.21. The maximum atomic E-state index is 5.96. The number of halogens is 1. The Morgan fingerprint density at radius 3 is 2.72 bits per heavy atom. The molecule has 0 amide bonds. The van der Waals surface area contributed by atoms with Gasteiger partial charge in [-0.05, 0) is 31.9 Å². The molecule has 0 aliphatic carbocycles. The van der Waals surface area contributed by atoms with E-state index in [1.165, 1.54) is 10.4 Å². The predicted molar refractivity (Wildman–Crippen MR) is 132 cm³/mol. The van der Waals surface area contributed by atoms with E-state index in [-0.39, 0.29) is 24.0 Å². The summed E-state index contributed by atoms with van der Waals surface area (Å²) in [4.78, 5) is 10.5. The van der Waals surface area contributed by atoms with Crippen molar-refractivity contribution in [3.8, 4) is 5.75 Å². The average molecular weight is 532 g/mol. The summed E-state index contributed by atoms with van der Waals surface area (Å²) in [6.45, 7) is 9.63. The Labute approximate surface area is 195 Å².